The van der Waals surface area contributed by atoms with Crippen molar-refractivity contribution in [3.8, 4) is 11.5 Å². The maximum atomic E-state index is 12.4. The van der Waals surface area contributed by atoms with E-state index in [9.17, 15) is 4.79 Å². The predicted molar refractivity (Wildman–Crippen MR) is 103 cm³/mol. The number of hydrogen-bond acceptors (Lipinski definition) is 3. The average molecular weight is 342 g/mol. The van der Waals surface area contributed by atoms with Crippen molar-refractivity contribution in [2.45, 2.75) is 13.8 Å². The fraction of sp³-hybridized carbons (Fsp3) is 0.0909. The Kier molecular flexibility index (Phi) is 4.01. The molecule has 0 unspecified atom stereocenters. The van der Waals surface area contributed by atoms with E-state index in [-0.39, 0.29) is 5.91 Å². The van der Waals surface area contributed by atoms with Crippen LogP contribution in [0, 0.1) is 13.8 Å². The minimum Gasteiger partial charge on any atom is -0.436 e. The SMILES string of the molecule is Cc1ccc2oc(-c3ccc(C)c(NC(=O)c4ccccc4)c3)nc2c1. The third kappa shape index (κ3) is 3.09. The smallest absolute Gasteiger partial charge is 0.255 e. The minimum atomic E-state index is -0.140. The van der Waals surface area contributed by atoms with E-state index in [1.807, 2.05) is 68.4 Å². The lowest BCUT2D eigenvalue weighted by atomic mass is 10.1. The second-order valence-electron chi connectivity index (χ2n) is 6.34. The molecule has 0 bridgehead atoms. The second-order valence-corrected chi connectivity index (χ2v) is 6.34. The van der Waals surface area contributed by atoms with Crippen LogP contribution in [-0.2, 0) is 0 Å². The van der Waals surface area contributed by atoms with Gasteiger partial charge in [0.1, 0.15) is 5.52 Å². The number of fused-ring (bicyclic) bond motifs is 1. The number of hydrogen-bond donors (Lipinski definition) is 1. The van der Waals surface area contributed by atoms with Crippen molar-refractivity contribution in [2.75, 3.05) is 5.32 Å². The maximum Gasteiger partial charge on any atom is 0.255 e. The lowest BCUT2D eigenvalue weighted by molar-refractivity contribution is 0.102. The van der Waals surface area contributed by atoms with E-state index in [2.05, 4.69) is 10.3 Å². The lowest BCUT2D eigenvalue weighted by Crippen LogP contribution is -2.12. The van der Waals surface area contributed by atoms with Gasteiger partial charge >= 0.3 is 0 Å². The Morgan fingerprint density at radius 2 is 1.77 bits per heavy atom. The van der Waals surface area contributed by atoms with Crippen LogP contribution in [0.1, 0.15) is 21.5 Å². The van der Waals surface area contributed by atoms with Gasteiger partial charge in [-0.25, -0.2) is 4.98 Å². The van der Waals surface area contributed by atoms with Crippen LogP contribution in [0.2, 0.25) is 0 Å². The first kappa shape index (κ1) is 16.1. The molecule has 1 N–H and O–H groups in total. The molecule has 4 nitrogen and oxygen atoms in total. The van der Waals surface area contributed by atoms with E-state index in [0.29, 0.717) is 11.5 Å². The number of amides is 1. The number of nitrogens with one attached hydrogen (secondary N) is 1. The second kappa shape index (κ2) is 6.48. The summed E-state index contributed by atoms with van der Waals surface area (Å²) in [6, 6.07) is 20.9. The molecule has 4 aromatic rings. The highest BCUT2D eigenvalue weighted by Crippen LogP contribution is 2.28. The van der Waals surface area contributed by atoms with Crippen molar-refractivity contribution < 1.29 is 9.21 Å². The molecule has 0 aliphatic heterocycles. The van der Waals surface area contributed by atoms with Crippen LogP contribution in [0.4, 0.5) is 5.69 Å². The van der Waals surface area contributed by atoms with E-state index in [4.69, 9.17) is 4.42 Å². The van der Waals surface area contributed by atoms with Crippen LogP contribution in [-0.4, -0.2) is 10.9 Å². The number of aryl methyl sites for hydroxylation is 2. The van der Waals surface area contributed by atoms with Gasteiger partial charge in [0, 0.05) is 16.8 Å². The first-order chi connectivity index (χ1) is 12.6. The highest BCUT2D eigenvalue weighted by Gasteiger charge is 2.12. The molecule has 0 atom stereocenters. The number of rotatable bonds is 3. The van der Waals surface area contributed by atoms with Gasteiger partial charge in [0.05, 0.1) is 0 Å². The number of carbonyl (C=O) groups is 1. The fourth-order valence-corrected chi connectivity index (χ4v) is 2.83. The highest BCUT2D eigenvalue weighted by atomic mass is 16.3. The van der Waals surface area contributed by atoms with E-state index in [1.54, 1.807) is 12.1 Å². The average Bonchev–Trinajstić information content (AvgIpc) is 3.07. The largest absolute Gasteiger partial charge is 0.436 e. The summed E-state index contributed by atoms with van der Waals surface area (Å²) in [5.74, 6) is 0.403. The normalized spacial score (nSPS) is 10.8. The van der Waals surface area contributed by atoms with E-state index in [0.717, 1.165) is 33.5 Å². The van der Waals surface area contributed by atoms with Gasteiger partial charge in [-0.05, 0) is 61.4 Å². The molecule has 1 aromatic heterocycles. The van der Waals surface area contributed by atoms with Gasteiger partial charge in [-0.2, -0.15) is 0 Å². The van der Waals surface area contributed by atoms with Crippen LogP contribution in [0.3, 0.4) is 0 Å². The standard InChI is InChI=1S/C22H18N2O2/c1-14-8-11-20-19(12-14)24-22(26-20)17-10-9-15(2)18(13-17)23-21(25)16-6-4-3-5-7-16/h3-13H,1-2H3,(H,23,25). The summed E-state index contributed by atoms with van der Waals surface area (Å²) >= 11 is 0. The van der Waals surface area contributed by atoms with Crippen LogP contribution in [0.15, 0.2) is 71.1 Å². The van der Waals surface area contributed by atoms with Gasteiger partial charge in [0.2, 0.25) is 5.89 Å². The van der Waals surface area contributed by atoms with Crippen LogP contribution >= 0.6 is 0 Å². The minimum absolute atomic E-state index is 0.140. The highest BCUT2D eigenvalue weighted by molar-refractivity contribution is 6.04. The molecule has 128 valence electrons. The molecule has 0 saturated carbocycles. The van der Waals surface area contributed by atoms with E-state index < -0.39 is 0 Å². The molecule has 0 aliphatic rings. The summed E-state index contributed by atoms with van der Waals surface area (Å²) in [7, 11) is 0. The first-order valence-corrected chi connectivity index (χ1v) is 8.45. The number of nitrogens with zero attached hydrogens (tertiary/aromatic N) is 1. The lowest BCUT2D eigenvalue weighted by Gasteiger charge is -2.09. The Morgan fingerprint density at radius 1 is 0.962 bits per heavy atom. The molecule has 0 fully saturated rings. The first-order valence-electron chi connectivity index (χ1n) is 8.45. The van der Waals surface area contributed by atoms with Crippen LogP contribution in [0.25, 0.3) is 22.6 Å². The zero-order valence-electron chi connectivity index (χ0n) is 14.6. The molecule has 4 heteroatoms. The van der Waals surface area contributed by atoms with Crippen LogP contribution < -0.4 is 5.32 Å². The van der Waals surface area contributed by atoms with E-state index >= 15 is 0 Å². The molecule has 0 spiro atoms. The van der Waals surface area contributed by atoms with Gasteiger partial charge in [0.15, 0.2) is 5.58 Å². The molecular weight excluding hydrogens is 324 g/mol. The molecule has 1 amide bonds. The molecule has 4 rings (SSSR count). The summed E-state index contributed by atoms with van der Waals surface area (Å²) in [5.41, 5.74) is 5.88. The summed E-state index contributed by atoms with van der Waals surface area (Å²) in [6.45, 7) is 3.98. The van der Waals surface area contributed by atoms with Gasteiger partial charge in [0.25, 0.3) is 5.91 Å². The Hall–Kier alpha value is -3.40. The summed E-state index contributed by atoms with van der Waals surface area (Å²) in [5, 5.41) is 2.97. The van der Waals surface area contributed by atoms with Gasteiger partial charge in [-0.15, -0.1) is 0 Å². The van der Waals surface area contributed by atoms with Gasteiger partial charge in [-0.3, -0.25) is 4.79 Å². The van der Waals surface area contributed by atoms with Crippen LogP contribution in [0.5, 0.6) is 0 Å². The maximum absolute atomic E-state index is 12.4. The van der Waals surface area contributed by atoms with Gasteiger partial charge in [-0.1, -0.05) is 30.3 Å². The Morgan fingerprint density at radius 3 is 2.58 bits per heavy atom. The Balaban J connectivity index is 1.68. The van der Waals surface area contributed by atoms with Crippen molar-refractivity contribution in [3.63, 3.8) is 0 Å². The number of oxazole rings is 1. The van der Waals surface area contributed by atoms with Crippen molar-refractivity contribution in [1.82, 2.24) is 4.98 Å². The summed E-state index contributed by atoms with van der Waals surface area (Å²) in [6.07, 6.45) is 0. The zero-order chi connectivity index (χ0) is 18.1. The number of benzene rings is 3. The molecule has 0 aliphatic carbocycles. The summed E-state index contributed by atoms with van der Waals surface area (Å²) < 4.78 is 5.87. The van der Waals surface area contributed by atoms with Crippen molar-refractivity contribution >= 4 is 22.7 Å². The number of carbonyl (C=O) groups excluding carboxylic acids is 1. The van der Waals surface area contributed by atoms with E-state index in [1.165, 1.54) is 0 Å². The molecule has 0 saturated heterocycles. The molecule has 1 heterocycles. The molecular formula is C22H18N2O2. The Bertz CT molecular complexity index is 1100. The number of anilines is 1. The summed E-state index contributed by atoms with van der Waals surface area (Å²) in [4.78, 5) is 17.0. The molecule has 0 radical (unpaired) electrons. The van der Waals surface area contributed by atoms with Crippen molar-refractivity contribution in [2.24, 2.45) is 0 Å². The topological polar surface area (TPSA) is 55.1 Å². The zero-order valence-corrected chi connectivity index (χ0v) is 14.6. The predicted octanol–water partition coefficient (Wildman–Crippen LogP) is 5.36. The quantitative estimate of drug-likeness (QED) is 0.545. The Labute approximate surface area is 151 Å². The van der Waals surface area contributed by atoms with Crippen molar-refractivity contribution in [1.29, 1.82) is 0 Å². The van der Waals surface area contributed by atoms with Crippen molar-refractivity contribution in [3.05, 3.63) is 83.4 Å². The van der Waals surface area contributed by atoms with Gasteiger partial charge < -0.3 is 9.73 Å². The fourth-order valence-electron chi connectivity index (χ4n) is 2.83. The number of aromatic nitrogens is 1. The third-order valence-electron chi connectivity index (χ3n) is 4.31. The monoisotopic (exact) mass is 342 g/mol. The third-order valence-corrected chi connectivity index (χ3v) is 4.31. The molecule has 26 heavy (non-hydrogen) atoms. The molecule has 3 aromatic carbocycles.